The second-order valence-corrected chi connectivity index (χ2v) is 6.08. The quantitative estimate of drug-likeness (QED) is 0.798. The van der Waals surface area contributed by atoms with Crippen molar-refractivity contribution in [1.29, 1.82) is 5.26 Å². The Balaban J connectivity index is 1.54. The van der Waals surface area contributed by atoms with E-state index >= 15 is 0 Å². The smallest absolute Gasteiger partial charge is 0.100 e. The minimum Gasteiger partial charge on any atom is -0.312 e. The second kappa shape index (κ2) is 7.61. The molecule has 0 aromatic carbocycles. The average molecular weight is 278 g/mol. The summed E-state index contributed by atoms with van der Waals surface area (Å²) < 4.78 is 0. The van der Waals surface area contributed by atoms with Gasteiger partial charge in [-0.1, -0.05) is 0 Å². The molecule has 19 heavy (non-hydrogen) atoms. The number of hydrogen-bond donors (Lipinski definition) is 1. The van der Waals surface area contributed by atoms with Crippen LogP contribution in [0.4, 0.5) is 0 Å². The summed E-state index contributed by atoms with van der Waals surface area (Å²) in [6, 6.07) is 4.14. The summed E-state index contributed by atoms with van der Waals surface area (Å²) in [5.41, 5.74) is 0.777. The van der Waals surface area contributed by atoms with Crippen molar-refractivity contribution < 1.29 is 0 Å². The highest BCUT2D eigenvalue weighted by molar-refractivity contribution is 7.10. The summed E-state index contributed by atoms with van der Waals surface area (Å²) >= 11 is 1.66. The Labute approximate surface area is 119 Å². The molecule has 0 unspecified atom stereocenters. The average Bonchev–Trinajstić information content (AvgIpc) is 2.88. The van der Waals surface area contributed by atoms with E-state index in [4.69, 9.17) is 5.26 Å². The number of nitrogens with zero attached hydrogens (tertiary/aromatic N) is 3. The molecule has 1 aromatic heterocycles. The van der Waals surface area contributed by atoms with E-state index in [0.717, 1.165) is 18.7 Å². The number of nitriles is 1. The zero-order chi connectivity index (χ0) is 13.5. The highest BCUT2D eigenvalue weighted by Crippen LogP contribution is 2.13. The predicted molar refractivity (Wildman–Crippen MR) is 79.3 cm³/mol. The fourth-order valence-corrected chi connectivity index (χ4v) is 3.02. The molecule has 0 spiro atoms. The van der Waals surface area contributed by atoms with Crippen LogP contribution in [-0.2, 0) is 6.54 Å². The molecule has 1 aliphatic heterocycles. The van der Waals surface area contributed by atoms with Crippen molar-refractivity contribution in [2.45, 2.75) is 13.0 Å². The Bertz CT molecular complexity index is 415. The molecule has 5 heteroatoms. The van der Waals surface area contributed by atoms with Crippen LogP contribution in [0.25, 0.3) is 0 Å². The monoisotopic (exact) mass is 278 g/mol. The van der Waals surface area contributed by atoms with Crippen LogP contribution in [-0.4, -0.2) is 56.1 Å². The third kappa shape index (κ3) is 4.92. The molecule has 2 heterocycles. The first kappa shape index (κ1) is 14.5. The topological polar surface area (TPSA) is 42.3 Å². The Morgan fingerprint density at radius 1 is 1.37 bits per heavy atom. The molecule has 1 aromatic rings. The molecule has 4 nitrogen and oxygen atoms in total. The van der Waals surface area contributed by atoms with Crippen molar-refractivity contribution in [3.63, 3.8) is 0 Å². The molecule has 0 aliphatic carbocycles. The molecule has 1 aliphatic rings. The highest BCUT2D eigenvalue weighted by Gasteiger charge is 2.12. The van der Waals surface area contributed by atoms with E-state index in [0.29, 0.717) is 0 Å². The number of thiophene rings is 1. The molecular weight excluding hydrogens is 256 g/mol. The van der Waals surface area contributed by atoms with Crippen LogP contribution in [0.15, 0.2) is 11.4 Å². The van der Waals surface area contributed by atoms with Crippen molar-refractivity contribution in [1.82, 2.24) is 15.1 Å². The molecular formula is C14H22N4S. The van der Waals surface area contributed by atoms with Gasteiger partial charge in [-0.05, 0) is 32.6 Å². The molecule has 0 radical (unpaired) electrons. The summed E-state index contributed by atoms with van der Waals surface area (Å²) in [4.78, 5) is 6.18. The summed E-state index contributed by atoms with van der Waals surface area (Å²) in [6.45, 7) is 7.91. The second-order valence-electron chi connectivity index (χ2n) is 5.09. The third-order valence-corrected chi connectivity index (χ3v) is 4.44. The molecule has 2 rings (SSSR count). The van der Waals surface area contributed by atoms with E-state index in [2.05, 4.69) is 28.2 Å². The van der Waals surface area contributed by atoms with Crippen molar-refractivity contribution in [3.05, 3.63) is 21.9 Å². The minimum absolute atomic E-state index is 0.777. The lowest BCUT2D eigenvalue weighted by Gasteiger charge is -2.32. The molecule has 1 saturated heterocycles. The number of piperazine rings is 1. The maximum absolute atomic E-state index is 8.75. The van der Waals surface area contributed by atoms with Gasteiger partial charge in [0.15, 0.2) is 0 Å². The van der Waals surface area contributed by atoms with Crippen LogP contribution < -0.4 is 5.32 Å². The van der Waals surface area contributed by atoms with Gasteiger partial charge in [0.2, 0.25) is 0 Å². The zero-order valence-electron chi connectivity index (χ0n) is 11.6. The summed E-state index contributed by atoms with van der Waals surface area (Å²) in [7, 11) is 2.19. The predicted octanol–water partition coefficient (Wildman–Crippen LogP) is 1.35. The van der Waals surface area contributed by atoms with E-state index in [1.807, 2.05) is 11.4 Å². The van der Waals surface area contributed by atoms with Gasteiger partial charge in [-0.25, -0.2) is 0 Å². The van der Waals surface area contributed by atoms with E-state index in [1.165, 1.54) is 44.0 Å². The Morgan fingerprint density at radius 2 is 2.16 bits per heavy atom. The van der Waals surface area contributed by atoms with Gasteiger partial charge in [-0.2, -0.15) is 5.26 Å². The molecule has 1 N–H and O–H groups in total. The Morgan fingerprint density at radius 3 is 2.84 bits per heavy atom. The van der Waals surface area contributed by atoms with Crippen molar-refractivity contribution in [2.75, 3.05) is 46.3 Å². The van der Waals surface area contributed by atoms with Crippen molar-refractivity contribution in [3.8, 4) is 6.07 Å². The summed E-state index contributed by atoms with van der Waals surface area (Å²) in [6.07, 6.45) is 1.19. The van der Waals surface area contributed by atoms with Gasteiger partial charge in [0.25, 0.3) is 0 Å². The van der Waals surface area contributed by atoms with Gasteiger partial charge >= 0.3 is 0 Å². The zero-order valence-corrected chi connectivity index (χ0v) is 12.4. The number of nitrogens with one attached hydrogen (secondary N) is 1. The van der Waals surface area contributed by atoms with Gasteiger partial charge in [0, 0.05) is 43.0 Å². The lowest BCUT2D eigenvalue weighted by molar-refractivity contribution is 0.153. The summed E-state index contributed by atoms with van der Waals surface area (Å²) in [5, 5.41) is 14.1. The fraction of sp³-hybridized carbons (Fsp3) is 0.643. The Hall–Kier alpha value is -0.930. The largest absolute Gasteiger partial charge is 0.312 e. The number of likely N-dealkylation sites (N-methyl/N-ethyl adjacent to an activating group) is 1. The minimum atomic E-state index is 0.777. The highest BCUT2D eigenvalue weighted by atomic mass is 32.1. The van der Waals surface area contributed by atoms with Crippen LogP contribution in [0.2, 0.25) is 0 Å². The first-order valence-corrected chi connectivity index (χ1v) is 7.75. The van der Waals surface area contributed by atoms with Crippen LogP contribution >= 0.6 is 11.3 Å². The van der Waals surface area contributed by atoms with Crippen molar-refractivity contribution >= 4 is 11.3 Å². The maximum atomic E-state index is 8.75. The van der Waals surface area contributed by atoms with Gasteiger partial charge < -0.3 is 15.1 Å². The maximum Gasteiger partial charge on any atom is 0.100 e. The van der Waals surface area contributed by atoms with E-state index in [9.17, 15) is 0 Å². The summed E-state index contributed by atoms with van der Waals surface area (Å²) in [5.74, 6) is 0. The van der Waals surface area contributed by atoms with Crippen LogP contribution in [0, 0.1) is 11.3 Å². The van der Waals surface area contributed by atoms with Crippen LogP contribution in [0.3, 0.4) is 0 Å². The molecule has 1 fully saturated rings. The first-order valence-electron chi connectivity index (χ1n) is 6.87. The molecule has 104 valence electrons. The van der Waals surface area contributed by atoms with Crippen LogP contribution in [0.5, 0.6) is 0 Å². The van der Waals surface area contributed by atoms with Gasteiger partial charge in [0.05, 0.1) is 5.56 Å². The van der Waals surface area contributed by atoms with Crippen molar-refractivity contribution in [2.24, 2.45) is 0 Å². The number of rotatable bonds is 6. The third-order valence-electron chi connectivity index (χ3n) is 3.51. The number of hydrogen-bond acceptors (Lipinski definition) is 5. The Kier molecular flexibility index (Phi) is 5.80. The first-order chi connectivity index (χ1) is 9.28. The molecule has 0 bridgehead atoms. The van der Waals surface area contributed by atoms with Gasteiger partial charge in [-0.3, -0.25) is 0 Å². The lowest BCUT2D eigenvalue weighted by Crippen LogP contribution is -2.45. The van der Waals surface area contributed by atoms with Crippen LogP contribution in [0.1, 0.15) is 16.9 Å². The van der Waals surface area contributed by atoms with E-state index < -0.39 is 0 Å². The van der Waals surface area contributed by atoms with Gasteiger partial charge in [0.1, 0.15) is 6.07 Å². The normalized spacial score (nSPS) is 17.5. The standard InChI is InChI=1S/C14H22N4S/c1-17-5-7-18(8-6-17)4-2-3-16-11-14-9-13(10-15)12-19-14/h9,12,16H,2-8,11H2,1H3. The van der Waals surface area contributed by atoms with Gasteiger partial charge in [-0.15, -0.1) is 11.3 Å². The molecule has 0 amide bonds. The lowest BCUT2D eigenvalue weighted by atomic mass is 10.3. The SMILES string of the molecule is CN1CCN(CCCNCc2cc(C#N)cs2)CC1. The molecule has 0 atom stereocenters. The molecule has 0 saturated carbocycles. The fourth-order valence-electron chi connectivity index (χ4n) is 2.24. The van der Waals surface area contributed by atoms with E-state index in [-0.39, 0.29) is 0 Å². The van der Waals surface area contributed by atoms with E-state index in [1.54, 1.807) is 11.3 Å².